The molecule has 5 heteroatoms. The van der Waals surface area contributed by atoms with Gasteiger partial charge in [-0.25, -0.2) is 4.98 Å². The van der Waals surface area contributed by atoms with E-state index in [2.05, 4.69) is 42.1 Å². The zero-order chi connectivity index (χ0) is 17.1. The molecular weight excluding hydrogens is 336 g/mol. The number of hydrogen-bond acceptors (Lipinski definition) is 4. The summed E-state index contributed by atoms with van der Waals surface area (Å²) in [6.45, 7) is 9.90. The molecule has 0 spiro atoms. The van der Waals surface area contributed by atoms with Crippen LogP contribution in [0.15, 0.2) is 17.5 Å². The largest absolute Gasteiger partial charge is 0.334 e. The SMILES string of the molecule is Cc1nc(-c2cccs2)sc1C(=O)N1C[C@]2(C)C[C@@H]1CC(C)(C)C2. The zero-order valence-electron chi connectivity index (χ0n) is 14.8. The Morgan fingerprint density at radius 1 is 1.33 bits per heavy atom. The highest BCUT2D eigenvalue weighted by Crippen LogP contribution is 2.53. The maximum Gasteiger partial charge on any atom is 0.266 e. The van der Waals surface area contributed by atoms with Gasteiger partial charge < -0.3 is 4.90 Å². The van der Waals surface area contributed by atoms with Crippen LogP contribution in [0.2, 0.25) is 0 Å². The highest BCUT2D eigenvalue weighted by molar-refractivity contribution is 7.22. The number of likely N-dealkylation sites (tertiary alicyclic amines) is 1. The van der Waals surface area contributed by atoms with Gasteiger partial charge in [-0.05, 0) is 48.5 Å². The van der Waals surface area contributed by atoms with Crippen molar-refractivity contribution in [1.29, 1.82) is 0 Å². The summed E-state index contributed by atoms with van der Waals surface area (Å²) < 4.78 is 0. The molecule has 1 aliphatic heterocycles. The lowest BCUT2D eigenvalue weighted by Crippen LogP contribution is -2.37. The average Bonchev–Trinajstić information content (AvgIpc) is 3.15. The van der Waals surface area contributed by atoms with Gasteiger partial charge in [0.2, 0.25) is 0 Å². The summed E-state index contributed by atoms with van der Waals surface area (Å²) in [6.07, 6.45) is 3.48. The number of thiophene rings is 1. The van der Waals surface area contributed by atoms with Gasteiger partial charge in [0.1, 0.15) is 9.88 Å². The zero-order valence-corrected chi connectivity index (χ0v) is 16.4. The Balaban J connectivity index is 1.63. The Morgan fingerprint density at radius 2 is 2.12 bits per heavy atom. The molecule has 1 aliphatic carbocycles. The van der Waals surface area contributed by atoms with E-state index < -0.39 is 0 Å². The third-order valence-electron chi connectivity index (χ3n) is 5.40. The molecule has 3 nitrogen and oxygen atoms in total. The van der Waals surface area contributed by atoms with E-state index in [4.69, 9.17) is 0 Å². The summed E-state index contributed by atoms with van der Waals surface area (Å²) in [5.74, 6) is 0.194. The molecule has 0 radical (unpaired) electrons. The van der Waals surface area contributed by atoms with Gasteiger partial charge in [-0.15, -0.1) is 22.7 Å². The first-order chi connectivity index (χ1) is 11.3. The van der Waals surface area contributed by atoms with Crippen molar-refractivity contribution in [3.8, 4) is 9.88 Å². The Hall–Kier alpha value is -1.20. The van der Waals surface area contributed by atoms with E-state index in [0.29, 0.717) is 11.5 Å². The first kappa shape index (κ1) is 16.3. The highest BCUT2D eigenvalue weighted by Gasteiger charge is 2.51. The maximum absolute atomic E-state index is 13.2. The molecule has 4 rings (SSSR count). The van der Waals surface area contributed by atoms with Gasteiger partial charge in [-0.3, -0.25) is 4.79 Å². The van der Waals surface area contributed by atoms with Crippen LogP contribution in [0.1, 0.15) is 55.4 Å². The molecule has 2 aromatic heterocycles. The number of thiazole rings is 1. The van der Waals surface area contributed by atoms with E-state index in [9.17, 15) is 4.79 Å². The lowest BCUT2D eigenvalue weighted by Gasteiger charge is -2.39. The number of rotatable bonds is 2. The van der Waals surface area contributed by atoms with Gasteiger partial charge in [0, 0.05) is 12.6 Å². The maximum atomic E-state index is 13.2. The van der Waals surface area contributed by atoms with Crippen LogP contribution >= 0.6 is 22.7 Å². The third kappa shape index (κ3) is 2.72. The normalized spacial score (nSPS) is 28.3. The van der Waals surface area contributed by atoms with Gasteiger partial charge in [-0.2, -0.15) is 0 Å². The van der Waals surface area contributed by atoms with Crippen LogP contribution in [0.5, 0.6) is 0 Å². The number of fused-ring (bicyclic) bond motifs is 2. The molecule has 24 heavy (non-hydrogen) atoms. The molecule has 128 valence electrons. The summed E-state index contributed by atoms with van der Waals surface area (Å²) in [6, 6.07) is 4.49. The van der Waals surface area contributed by atoms with E-state index >= 15 is 0 Å². The van der Waals surface area contributed by atoms with E-state index in [1.165, 1.54) is 6.42 Å². The second-order valence-corrected chi connectivity index (χ2v) is 10.5. The van der Waals surface area contributed by atoms with Crippen molar-refractivity contribution in [3.05, 3.63) is 28.1 Å². The minimum Gasteiger partial charge on any atom is -0.334 e. The van der Waals surface area contributed by atoms with Crippen molar-refractivity contribution >= 4 is 28.6 Å². The van der Waals surface area contributed by atoms with Crippen LogP contribution in [0.25, 0.3) is 9.88 Å². The van der Waals surface area contributed by atoms with Crippen LogP contribution in [-0.4, -0.2) is 28.4 Å². The molecule has 1 amide bonds. The van der Waals surface area contributed by atoms with E-state index in [1.807, 2.05) is 13.0 Å². The minimum absolute atomic E-state index is 0.194. The molecule has 2 atom stereocenters. The number of aryl methyl sites for hydroxylation is 1. The number of amides is 1. The standard InChI is InChI=1S/C19H24N2OS2/c1-12-15(24-16(20-12)14-6-5-7-23-14)17(22)21-11-19(4)9-13(21)8-18(2,3)10-19/h5-7,13H,8-11H2,1-4H3/t13-,19+/m0/s1. The van der Waals surface area contributed by atoms with Crippen molar-refractivity contribution in [2.24, 2.45) is 10.8 Å². The number of aromatic nitrogens is 1. The molecule has 2 bridgehead atoms. The second-order valence-electron chi connectivity index (χ2n) is 8.56. The lowest BCUT2D eigenvalue weighted by molar-refractivity contribution is 0.0712. The van der Waals surface area contributed by atoms with E-state index in [0.717, 1.165) is 39.8 Å². The molecule has 0 unspecified atom stereocenters. The highest BCUT2D eigenvalue weighted by atomic mass is 32.1. The number of nitrogens with zero attached hydrogens (tertiary/aromatic N) is 2. The Morgan fingerprint density at radius 3 is 2.83 bits per heavy atom. The van der Waals surface area contributed by atoms with Crippen LogP contribution in [0.3, 0.4) is 0 Å². The number of carbonyl (C=O) groups is 1. The monoisotopic (exact) mass is 360 g/mol. The molecule has 3 heterocycles. The van der Waals surface area contributed by atoms with Crippen molar-refractivity contribution in [2.45, 2.75) is 53.0 Å². The van der Waals surface area contributed by atoms with Crippen molar-refractivity contribution in [1.82, 2.24) is 9.88 Å². The van der Waals surface area contributed by atoms with Gasteiger partial charge >= 0.3 is 0 Å². The summed E-state index contributed by atoms with van der Waals surface area (Å²) >= 11 is 3.23. The van der Waals surface area contributed by atoms with Crippen LogP contribution in [-0.2, 0) is 0 Å². The molecule has 1 saturated heterocycles. The summed E-state index contributed by atoms with van der Waals surface area (Å²) in [4.78, 5) is 22.0. The molecule has 2 aliphatic rings. The fraction of sp³-hybridized carbons (Fsp3) is 0.579. The Kier molecular flexibility index (Phi) is 3.66. The Bertz CT molecular complexity index is 777. The van der Waals surface area contributed by atoms with Crippen LogP contribution < -0.4 is 0 Å². The predicted octanol–water partition coefficient (Wildman–Crippen LogP) is 5.22. The van der Waals surface area contributed by atoms with Gasteiger partial charge in [0.15, 0.2) is 0 Å². The Labute approximate surface area is 151 Å². The molecule has 0 N–H and O–H groups in total. The summed E-state index contributed by atoms with van der Waals surface area (Å²) in [5, 5.41) is 3.03. The fourth-order valence-electron chi connectivity index (χ4n) is 4.93. The van der Waals surface area contributed by atoms with Gasteiger partial charge in [0.05, 0.1) is 10.6 Å². The number of hydrogen-bond donors (Lipinski definition) is 0. The average molecular weight is 361 g/mol. The van der Waals surface area contributed by atoms with Crippen molar-refractivity contribution < 1.29 is 4.79 Å². The molecular formula is C19H24N2OS2. The van der Waals surface area contributed by atoms with Crippen molar-refractivity contribution in [2.75, 3.05) is 6.54 Å². The lowest BCUT2D eigenvalue weighted by atomic mass is 9.65. The van der Waals surface area contributed by atoms with E-state index in [-0.39, 0.29) is 11.3 Å². The quantitative estimate of drug-likeness (QED) is 0.735. The minimum atomic E-state index is 0.194. The topological polar surface area (TPSA) is 33.2 Å². The fourth-order valence-corrected chi connectivity index (χ4v) is 6.75. The van der Waals surface area contributed by atoms with Crippen molar-refractivity contribution in [3.63, 3.8) is 0 Å². The smallest absolute Gasteiger partial charge is 0.266 e. The number of carbonyl (C=O) groups excluding carboxylic acids is 1. The summed E-state index contributed by atoms with van der Waals surface area (Å²) in [7, 11) is 0. The third-order valence-corrected chi connectivity index (χ3v) is 7.58. The molecule has 1 saturated carbocycles. The van der Waals surface area contributed by atoms with Crippen LogP contribution in [0.4, 0.5) is 0 Å². The molecule has 2 fully saturated rings. The first-order valence-electron chi connectivity index (χ1n) is 8.59. The molecule has 2 aromatic rings. The summed E-state index contributed by atoms with van der Waals surface area (Å²) in [5.41, 5.74) is 1.48. The van der Waals surface area contributed by atoms with E-state index in [1.54, 1.807) is 22.7 Å². The molecule has 0 aromatic carbocycles. The van der Waals surface area contributed by atoms with Gasteiger partial charge in [0.25, 0.3) is 5.91 Å². The van der Waals surface area contributed by atoms with Gasteiger partial charge in [-0.1, -0.05) is 26.8 Å². The second kappa shape index (κ2) is 5.40. The predicted molar refractivity (Wildman–Crippen MR) is 101 cm³/mol. The first-order valence-corrected chi connectivity index (χ1v) is 10.3. The van der Waals surface area contributed by atoms with Crippen LogP contribution in [0, 0.1) is 17.8 Å².